The number of carbonyl (C=O) groups excluding carboxylic acids is 2. The quantitative estimate of drug-likeness (QED) is 0.0242. The molecule has 0 aromatic carbocycles. The Hall–Kier alpha value is -2.29. The predicted octanol–water partition coefficient (Wildman–Crippen LogP) is 9.73. The summed E-state index contributed by atoms with van der Waals surface area (Å²) in [6.07, 6.45) is 35.8. The number of ether oxygens (including phenoxy) is 2. The van der Waals surface area contributed by atoms with Crippen molar-refractivity contribution < 1.29 is 42.1 Å². The van der Waals surface area contributed by atoms with E-state index in [-0.39, 0.29) is 26.1 Å². The van der Waals surface area contributed by atoms with Crippen LogP contribution in [0.2, 0.25) is 0 Å². The summed E-state index contributed by atoms with van der Waals surface area (Å²) >= 11 is 0. The molecule has 2 unspecified atom stereocenters. The lowest BCUT2D eigenvalue weighted by Crippen LogP contribution is -2.37. The number of rotatable bonds is 32. The van der Waals surface area contributed by atoms with Crippen LogP contribution in [0.5, 0.6) is 0 Å². The zero-order valence-corrected chi connectivity index (χ0v) is 32.3. The van der Waals surface area contributed by atoms with E-state index in [4.69, 9.17) is 18.5 Å². The summed E-state index contributed by atoms with van der Waals surface area (Å²) in [7, 11) is 1.41. The fraction of sp³-hybridized carbons (Fsp3) is 0.692. The van der Waals surface area contributed by atoms with Crippen LogP contribution in [0.4, 0.5) is 0 Å². The molecule has 0 heterocycles. The topological polar surface area (TPSA) is 108 Å². The SMILES string of the molecule is CC/C=C/C/C=C/C/C=C/CCCCC(=O)OCC(COP(=O)(O)OCC[N+](C)(C)C)OC(=O)CC/C=C/C/C=C/CCCCCCCC. The lowest BCUT2D eigenvalue weighted by molar-refractivity contribution is -0.870. The average molecular weight is 711 g/mol. The number of quaternary nitrogens is 1. The van der Waals surface area contributed by atoms with Gasteiger partial charge in [-0.15, -0.1) is 0 Å². The van der Waals surface area contributed by atoms with Gasteiger partial charge in [-0.05, 0) is 64.2 Å². The van der Waals surface area contributed by atoms with Crippen LogP contribution >= 0.6 is 7.82 Å². The van der Waals surface area contributed by atoms with Gasteiger partial charge in [-0.3, -0.25) is 18.6 Å². The monoisotopic (exact) mass is 710 g/mol. The summed E-state index contributed by atoms with van der Waals surface area (Å²) < 4.78 is 34.0. The van der Waals surface area contributed by atoms with Crippen LogP contribution in [-0.2, 0) is 32.7 Å². The van der Waals surface area contributed by atoms with E-state index >= 15 is 0 Å². The molecule has 0 aromatic rings. The maximum Gasteiger partial charge on any atom is 0.472 e. The minimum atomic E-state index is -4.39. The van der Waals surface area contributed by atoms with Crippen molar-refractivity contribution in [3.8, 4) is 0 Å². The largest absolute Gasteiger partial charge is 0.472 e. The Morgan fingerprint density at radius 2 is 1.20 bits per heavy atom. The maximum atomic E-state index is 12.6. The summed E-state index contributed by atoms with van der Waals surface area (Å²) in [5, 5.41) is 0. The molecular weight excluding hydrogens is 641 g/mol. The molecule has 0 saturated carbocycles. The van der Waals surface area contributed by atoms with Gasteiger partial charge < -0.3 is 18.9 Å². The first-order valence-corrected chi connectivity index (χ1v) is 20.0. The van der Waals surface area contributed by atoms with Crippen LogP contribution in [0.15, 0.2) is 60.8 Å². The van der Waals surface area contributed by atoms with E-state index in [1.807, 2.05) is 33.3 Å². The van der Waals surface area contributed by atoms with Gasteiger partial charge in [0.25, 0.3) is 0 Å². The van der Waals surface area contributed by atoms with Crippen molar-refractivity contribution in [3.63, 3.8) is 0 Å². The number of phosphoric ester groups is 1. The molecule has 2 atom stereocenters. The van der Waals surface area contributed by atoms with E-state index in [9.17, 15) is 19.0 Å². The molecule has 0 rings (SSSR count). The third-order valence-corrected chi connectivity index (χ3v) is 8.28. The van der Waals surface area contributed by atoms with E-state index in [1.165, 1.54) is 38.5 Å². The molecular formula is C39H69NO8P+. The van der Waals surface area contributed by atoms with E-state index in [0.717, 1.165) is 44.9 Å². The number of nitrogens with zero attached hydrogens (tertiary/aromatic N) is 1. The second kappa shape index (κ2) is 31.7. The van der Waals surface area contributed by atoms with Crippen LogP contribution in [0, 0.1) is 0 Å². The molecule has 0 radical (unpaired) electrons. The first kappa shape index (κ1) is 46.7. The first-order chi connectivity index (χ1) is 23.5. The van der Waals surface area contributed by atoms with Crippen LogP contribution in [-0.4, -0.2) is 74.9 Å². The molecule has 10 heteroatoms. The Bertz CT molecular complexity index is 1030. The summed E-state index contributed by atoms with van der Waals surface area (Å²) in [5.41, 5.74) is 0. The highest BCUT2D eigenvalue weighted by atomic mass is 31.2. The number of esters is 2. The molecule has 0 aromatic heterocycles. The lowest BCUT2D eigenvalue weighted by atomic mass is 10.1. The molecule has 49 heavy (non-hydrogen) atoms. The summed E-state index contributed by atoms with van der Waals surface area (Å²) in [5.74, 6) is -0.933. The Morgan fingerprint density at radius 3 is 1.82 bits per heavy atom. The van der Waals surface area contributed by atoms with Crippen molar-refractivity contribution in [1.82, 2.24) is 0 Å². The smallest absolute Gasteiger partial charge is 0.462 e. The minimum Gasteiger partial charge on any atom is -0.462 e. The lowest BCUT2D eigenvalue weighted by Gasteiger charge is -2.24. The van der Waals surface area contributed by atoms with Crippen LogP contribution < -0.4 is 0 Å². The Labute approximate surface area is 298 Å². The van der Waals surface area contributed by atoms with Gasteiger partial charge in [-0.2, -0.15) is 0 Å². The molecule has 0 fully saturated rings. The summed E-state index contributed by atoms with van der Waals surface area (Å²) in [6, 6.07) is 0. The highest BCUT2D eigenvalue weighted by Gasteiger charge is 2.27. The fourth-order valence-electron chi connectivity index (χ4n) is 4.37. The molecule has 282 valence electrons. The molecule has 0 aliphatic heterocycles. The average Bonchev–Trinajstić information content (AvgIpc) is 3.04. The Morgan fingerprint density at radius 1 is 0.653 bits per heavy atom. The van der Waals surface area contributed by atoms with Gasteiger partial charge in [0.1, 0.15) is 19.8 Å². The van der Waals surface area contributed by atoms with E-state index < -0.39 is 32.5 Å². The van der Waals surface area contributed by atoms with Gasteiger partial charge in [-0.1, -0.05) is 107 Å². The highest BCUT2D eigenvalue weighted by Crippen LogP contribution is 2.43. The van der Waals surface area contributed by atoms with Crippen molar-refractivity contribution in [2.45, 2.75) is 129 Å². The van der Waals surface area contributed by atoms with E-state index in [0.29, 0.717) is 23.9 Å². The molecule has 1 N–H and O–H groups in total. The maximum absolute atomic E-state index is 12.6. The molecule has 0 saturated heterocycles. The van der Waals surface area contributed by atoms with Gasteiger partial charge in [0.2, 0.25) is 0 Å². The molecule has 0 spiro atoms. The summed E-state index contributed by atoms with van der Waals surface area (Å²) in [4.78, 5) is 35.1. The van der Waals surface area contributed by atoms with Crippen molar-refractivity contribution in [3.05, 3.63) is 60.8 Å². The zero-order chi connectivity index (χ0) is 36.5. The zero-order valence-electron chi connectivity index (χ0n) is 31.4. The van der Waals surface area contributed by atoms with Crippen molar-refractivity contribution in [1.29, 1.82) is 0 Å². The second-order valence-corrected chi connectivity index (χ2v) is 14.7. The van der Waals surface area contributed by atoms with E-state index in [2.05, 4.69) is 62.5 Å². The number of unbranched alkanes of at least 4 members (excludes halogenated alkanes) is 8. The number of allylic oxidation sites excluding steroid dienone is 10. The van der Waals surface area contributed by atoms with Crippen LogP contribution in [0.25, 0.3) is 0 Å². The van der Waals surface area contributed by atoms with E-state index in [1.54, 1.807) is 0 Å². The summed E-state index contributed by atoms with van der Waals surface area (Å²) in [6.45, 7) is 4.14. The van der Waals surface area contributed by atoms with Crippen molar-refractivity contribution in [2.24, 2.45) is 0 Å². The first-order valence-electron chi connectivity index (χ1n) is 18.5. The number of phosphoric acid groups is 1. The van der Waals surface area contributed by atoms with Crippen molar-refractivity contribution in [2.75, 3.05) is 47.5 Å². The molecule has 0 aliphatic carbocycles. The minimum absolute atomic E-state index is 0.0137. The van der Waals surface area contributed by atoms with Crippen molar-refractivity contribution >= 4 is 19.8 Å². The number of likely N-dealkylation sites (N-methyl/N-ethyl adjacent to an activating group) is 1. The standard InChI is InChI=1S/C39H68NO8P/c1-6-8-10-12-14-16-18-20-22-24-26-28-30-32-39(42)48-37(36-47-49(43,44)46-34-33-40(3,4)5)35-45-38(41)31-29-27-25-23-21-19-17-15-13-11-9-7-2/h9,11,15,17,20-23,26,28,37H,6-8,10,12-14,16,18-19,24-25,27,29-36H2,1-5H3/p+1/b11-9+,17-15+,22-20+,23-21+,28-26+. The Kier molecular flexibility index (Phi) is 30.2. The number of hydrogen-bond acceptors (Lipinski definition) is 7. The predicted molar refractivity (Wildman–Crippen MR) is 201 cm³/mol. The van der Waals surface area contributed by atoms with Crippen LogP contribution in [0.1, 0.15) is 123 Å². The van der Waals surface area contributed by atoms with Gasteiger partial charge in [0.05, 0.1) is 27.7 Å². The molecule has 9 nitrogen and oxygen atoms in total. The van der Waals surface area contributed by atoms with Gasteiger partial charge in [0, 0.05) is 12.8 Å². The number of carbonyl (C=O) groups is 2. The fourth-order valence-corrected chi connectivity index (χ4v) is 5.11. The highest BCUT2D eigenvalue weighted by molar-refractivity contribution is 7.47. The van der Waals surface area contributed by atoms with Gasteiger partial charge >= 0.3 is 19.8 Å². The van der Waals surface area contributed by atoms with Crippen LogP contribution in [0.3, 0.4) is 0 Å². The number of hydrogen-bond donors (Lipinski definition) is 1. The third-order valence-electron chi connectivity index (χ3n) is 7.30. The third kappa shape index (κ3) is 35.3. The molecule has 0 aliphatic rings. The molecule has 0 amide bonds. The second-order valence-electron chi connectivity index (χ2n) is 13.2. The normalized spacial score (nSPS) is 14.5. The molecule has 0 bridgehead atoms. The van der Waals surface area contributed by atoms with Gasteiger partial charge in [0.15, 0.2) is 6.10 Å². The van der Waals surface area contributed by atoms with Gasteiger partial charge in [-0.25, -0.2) is 4.57 Å². The Balaban J connectivity index is 4.62.